The number of phenols is 1. The quantitative estimate of drug-likeness (QED) is 0.0446. The topological polar surface area (TPSA) is 257 Å². The third kappa shape index (κ3) is 11.5. The molecule has 352 valence electrons. The van der Waals surface area contributed by atoms with Crippen LogP contribution in [0.5, 0.6) is 17.2 Å². The molecule has 0 saturated carbocycles. The number of nitrogens with two attached hydrogens (primary N) is 3. The minimum atomic E-state index is -1.04. The Kier molecular flexibility index (Phi) is 15.7. The van der Waals surface area contributed by atoms with Crippen LogP contribution >= 0.6 is 0 Å². The summed E-state index contributed by atoms with van der Waals surface area (Å²) >= 11 is 0. The molecule has 2 bridgehead atoms. The number of hydrogen-bond acceptors (Lipinski definition) is 13. The van der Waals surface area contributed by atoms with Gasteiger partial charge >= 0.3 is 6.03 Å². The van der Waals surface area contributed by atoms with E-state index in [9.17, 15) is 29.1 Å². The van der Waals surface area contributed by atoms with Crippen LogP contribution in [-0.4, -0.2) is 96.7 Å². The molecule has 7 rings (SSSR count). The average molecular weight is 906 g/mol. The number of urea groups is 1. The van der Waals surface area contributed by atoms with Gasteiger partial charge in [0.15, 0.2) is 0 Å². The van der Waals surface area contributed by atoms with E-state index in [0.29, 0.717) is 87.1 Å². The minimum absolute atomic E-state index is 0.0469. The second kappa shape index (κ2) is 22.0. The summed E-state index contributed by atoms with van der Waals surface area (Å²) in [5.74, 6) is -0.158. The Morgan fingerprint density at radius 3 is 2.42 bits per heavy atom. The first kappa shape index (κ1) is 47.2. The molecule has 4 aliphatic heterocycles. The maximum Gasteiger partial charge on any atom is 0.314 e. The first-order valence-electron chi connectivity index (χ1n) is 23.2. The highest BCUT2D eigenvalue weighted by atomic mass is 16.5. The second-order valence-electron chi connectivity index (χ2n) is 17.5. The van der Waals surface area contributed by atoms with Gasteiger partial charge in [-0.1, -0.05) is 25.1 Å². The number of para-hydroxylation sites is 1. The summed E-state index contributed by atoms with van der Waals surface area (Å²) in [6.45, 7) is 4.37. The van der Waals surface area contributed by atoms with Crippen LogP contribution in [0.4, 0.5) is 10.5 Å². The van der Waals surface area contributed by atoms with Crippen molar-refractivity contribution in [2.45, 2.75) is 102 Å². The highest BCUT2D eigenvalue weighted by molar-refractivity contribution is 6.23. The number of nitrogens with zero attached hydrogens (tertiary/aromatic N) is 2. The fourth-order valence-electron chi connectivity index (χ4n) is 9.57. The summed E-state index contributed by atoms with van der Waals surface area (Å²) in [7, 11) is 0. The van der Waals surface area contributed by atoms with Gasteiger partial charge in [0.25, 0.3) is 11.8 Å². The van der Waals surface area contributed by atoms with Gasteiger partial charge in [0.1, 0.15) is 36.0 Å². The average Bonchev–Trinajstić information content (AvgIpc) is 3.74. The van der Waals surface area contributed by atoms with Gasteiger partial charge in [0.05, 0.1) is 16.9 Å². The maximum absolute atomic E-state index is 13.2. The van der Waals surface area contributed by atoms with Crippen molar-refractivity contribution in [1.29, 1.82) is 0 Å². The fourth-order valence-corrected chi connectivity index (χ4v) is 9.57. The van der Waals surface area contributed by atoms with Crippen LogP contribution in [0.25, 0.3) is 5.70 Å². The van der Waals surface area contributed by atoms with Crippen molar-refractivity contribution in [1.82, 2.24) is 26.2 Å². The summed E-state index contributed by atoms with van der Waals surface area (Å²) in [5.41, 5.74) is 21.8. The number of amides is 6. The Balaban J connectivity index is 0.780. The molecule has 5 atom stereocenters. The van der Waals surface area contributed by atoms with Crippen LogP contribution < -0.4 is 52.8 Å². The van der Waals surface area contributed by atoms with Crippen molar-refractivity contribution in [2.75, 3.05) is 37.7 Å². The number of piperidine rings is 1. The van der Waals surface area contributed by atoms with Crippen molar-refractivity contribution in [3.63, 3.8) is 0 Å². The molecule has 0 aromatic heterocycles. The predicted octanol–water partition coefficient (Wildman–Crippen LogP) is 4.36. The van der Waals surface area contributed by atoms with Gasteiger partial charge in [-0.3, -0.25) is 29.4 Å². The number of ether oxygens (including phenoxy) is 2. The van der Waals surface area contributed by atoms with E-state index >= 15 is 0 Å². The largest absolute Gasteiger partial charge is 0.507 e. The molecule has 3 fully saturated rings. The standard InChI is InChI=1S/C49H63N9O8/c1-2-35(66-37-16-17-38-40(29-37)48(63)58(47(38)62)42-18-19-44(60)56-46(42)61)20-21-54-49(64)55-23-22-53-24-25-65-36-7-5-6-33(28-36)57-32-13-11-30(26-34(57)15-14-32)10-12-31(45(51)52)27-41(50)39-8-3-4-9-43(39)59/h3-9,16-17,27-30,32,34-35,42,53,59H,2,10-15,18-26,50-52H2,1H3,(H2,54,55,64)(H,56,60,61)/b41-27-. The Bertz CT molecular complexity index is 2330. The number of rotatable bonds is 20. The number of aromatic hydroxyl groups is 1. The van der Waals surface area contributed by atoms with E-state index in [1.807, 2.05) is 19.1 Å². The Hall–Kier alpha value is -6.75. The molecule has 0 radical (unpaired) electrons. The van der Waals surface area contributed by atoms with Crippen molar-refractivity contribution < 1.29 is 38.6 Å². The molecule has 3 aromatic rings. The lowest BCUT2D eigenvalue weighted by Crippen LogP contribution is -2.54. The smallest absolute Gasteiger partial charge is 0.314 e. The third-order valence-corrected chi connectivity index (χ3v) is 13.0. The SMILES string of the molecule is CCC(CCNC(=O)NCCNCCOc1cccc(N2C3CCC(CCC(/C=C(\N)c4ccccc4O)=C(N)N)CC2CC3)c1)Oc1ccc2c(c1)C(=O)N(C1CCC(=O)NC1=O)C2=O. The highest BCUT2D eigenvalue weighted by Crippen LogP contribution is 2.42. The van der Waals surface area contributed by atoms with Gasteiger partial charge in [-0.15, -0.1) is 0 Å². The van der Waals surface area contributed by atoms with Crippen molar-refractivity contribution >= 4 is 41.0 Å². The monoisotopic (exact) mass is 905 g/mol. The van der Waals surface area contributed by atoms with Gasteiger partial charge in [-0.2, -0.15) is 0 Å². The highest BCUT2D eigenvalue weighted by Gasteiger charge is 2.45. The number of allylic oxidation sites excluding steroid dienone is 2. The number of phenolic OH excluding ortho intramolecular Hbond substituents is 1. The third-order valence-electron chi connectivity index (χ3n) is 13.0. The summed E-state index contributed by atoms with van der Waals surface area (Å²) in [4.78, 5) is 66.2. The number of anilines is 1. The predicted molar refractivity (Wildman–Crippen MR) is 250 cm³/mol. The van der Waals surface area contributed by atoms with E-state index in [-0.39, 0.29) is 47.7 Å². The number of nitrogens with one attached hydrogen (secondary N) is 4. The molecule has 11 N–H and O–H groups in total. The van der Waals surface area contributed by atoms with Crippen molar-refractivity contribution in [3.8, 4) is 17.2 Å². The molecule has 17 nitrogen and oxygen atoms in total. The lowest BCUT2D eigenvalue weighted by molar-refractivity contribution is -0.136. The van der Waals surface area contributed by atoms with E-state index in [4.69, 9.17) is 26.7 Å². The van der Waals surface area contributed by atoms with E-state index in [1.54, 1.807) is 30.3 Å². The molecule has 6 amide bonds. The molecule has 5 unspecified atom stereocenters. The van der Waals surface area contributed by atoms with E-state index in [0.717, 1.165) is 48.3 Å². The van der Waals surface area contributed by atoms with Crippen LogP contribution in [0.3, 0.4) is 0 Å². The normalized spacial score (nSPS) is 20.9. The zero-order valence-corrected chi connectivity index (χ0v) is 37.6. The first-order chi connectivity index (χ1) is 31.9. The molecule has 66 heavy (non-hydrogen) atoms. The Morgan fingerprint density at radius 1 is 0.864 bits per heavy atom. The number of fused-ring (bicyclic) bond motifs is 3. The van der Waals surface area contributed by atoms with Gasteiger partial charge in [0.2, 0.25) is 11.8 Å². The molecular weight excluding hydrogens is 843 g/mol. The molecule has 0 aliphatic carbocycles. The minimum Gasteiger partial charge on any atom is -0.507 e. The van der Waals surface area contributed by atoms with Crippen molar-refractivity contribution in [2.24, 2.45) is 23.1 Å². The van der Waals surface area contributed by atoms with E-state index in [1.165, 1.54) is 24.2 Å². The number of hydrogen-bond donors (Lipinski definition) is 8. The molecule has 4 heterocycles. The zero-order valence-electron chi connectivity index (χ0n) is 37.6. The van der Waals surface area contributed by atoms with E-state index < -0.39 is 29.7 Å². The van der Waals surface area contributed by atoms with Crippen LogP contribution in [0.1, 0.15) is 104 Å². The molecule has 17 heteroatoms. The molecule has 0 spiro atoms. The number of carbonyl (C=O) groups is 5. The summed E-state index contributed by atoms with van der Waals surface area (Å²) in [6, 6.07) is 19.5. The van der Waals surface area contributed by atoms with Crippen LogP contribution in [0.2, 0.25) is 0 Å². The summed E-state index contributed by atoms with van der Waals surface area (Å²) in [5, 5.41) is 21.5. The molecule has 3 aromatic carbocycles. The lowest BCUT2D eigenvalue weighted by atomic mass is 9.86. The summed E-state index contributed by atoms with van der Waals surface area (Å²) < 4.78 is 12.3. The number of imide groups is 2. The fraction of sp³-hybridized carbons (Fsp3) is 0.449. The van der Waals surface area contributed by atoms with Gasteiger partial charge in [-0.05, 0) is 118 Å². The molecular formula is C49H63N9O8. The second-order valence-corrected chi connectivity index (χ2v) is 17.5. The Labute approximate surface area is 385 Å². The Morgan fingerprint density at radius 2 is 1.64 bits per heavy atom. The zero-order chi connectivity index (χ0) is 46.7. The number of carbonyl (C=O) groups excluding carboxylic acids is 5. The van der Waals surface area contributed by atoms with Gasteiger partial charge in [-0.25, -0.2) is 4.79 Å². The maximum atomic E-state index is 13.2. The number of benzene rings is 3. The molecule has 3 saturated heterocycles. The van der Waals surface area contributed by atoms with E-state index in [2.05, 4.69) is 44.4 Å². The van der Waals surface area contributed by atoms with Gasteiger partial charge < -0.3 is 52.6 Å². The molecule has 4 aliphatic rings. The van der Waals surface area contributed by atoms with Gasteiger partial charge in [0, 0.05) is 74.1 Å². The van der Waals surface area contributed by atoms with Crippen LogP contribution in [-0.2, 0) is 9.59 Å². The van der Waals surface area contributed by atoms with Crippen LogP contribution in [0.15, 0.2) is 84.2 Å². The first-order valence-corrected chi connectivity index (χ1v) is 23.2. The lowest BCUT2D eigenvalue weighted by Gasteiger charge is -2.31. The summed E-state index contributed by atoms with van der Waals surface area (Å²) in [6.07, 6.45) is 10.1. The van der Waals surface area contributed by atoms with Crippen LogP contribution in [0, 0.1) is 5.92 Å². The van der Waals surface area contributed by atoms with Crippen molar-refractivity contribution in [3.05, 3.63) is 101 Å².